The molecule has 0 aromatic rings. The second kappa shape index (κ2) is 3.21. The predicted octanol–water partition coefficient (Wildman–Crippen LogP) is 0.758. The molecule has 0 aromatic heterocycles. The van der Waals surface area contributed by atoms with E-state index in [2.05, 4.69) is 10.6 Å². The zero-order valence-corrected chi connectivity index (χ0v) is 9.38. The van der Waals surface area contributed by atoms with Gasteiger partial charge >= 0.3 is 0 Å². The van der Waals surface area contributed by atoms with Crippen molar-refractivity contribution in [3.05, 3.63) is 0 Å². The maximum Gasteiger partial charge on any atom is 0.223 e. The summed E-state index contributed by atoms with van der Waals surface area (Å²) in [6, 6.07) is 0. The van der Waals surface area contributed by atoms with Gasteiger partial charge in [0.25, 0.3) is 0 Å². The minimum atomic E-state index is 0.330. The number of carbonyl (C=O) groups is 1. The van der Waals surface area contributed by atoms with E-state index in [4.69, 9.17) is 0 Å². The molecular formula is C12H20N2O. The van der Waals surface area contributed by atoms with Crippen LogP contribution in [-0.2, 0) is 4.79 Å². The standard InChI is InChI=1S/C12H20N2O/c1-13-6-12-5-9(11(15)14-7-12)8-3-2-4-10(8)12/h8-10,13H,2-7H2,1H3,(H,14,15). The van der Waals surface area contributed by atoms with E-state index in [9.17, 15) is 4.79 Å². The normalized spacial score (nSPS) is 47.8. The fourth-order valence-corrected chi connectivity index (χ4v) is 4.47. The zero-order chi connectivity index (χ0) is 10.5. The van der Waals surface area contributed by atoms with Gasteiger partial charge in [0.1, 0.15) is 0 Å². The molecule has 3 nitrogen and oxygen atoms in total. The summed E-state index contributed by atoms with van der Waals surface area (Å²) in [5.74, 6) is 2.16. The number of piperidine rings is 1. The van der Waals surface area contributed by atoms with Gasteiger partial charge in [0.15, 0.2) is 0 Å². The van der Waals surface area contributed by atoms with E-state index in [-0.39, 0.29) is 0 Å². The first-order valence-electron chi connectivity index (χ1n) is 6.19. The summed E-state index contributed by atoms with van der Waals surface area (Å²) in [5.41, 5.74) is 0.383. The maximum atomic E-state index is 11.8. The number of rotatable bonds is 2. The van der Waals surface area contributed by atoms with Crippen LogP contribution in [0.3, 0.4) is 0 Å². The van der Waals surface area contributed by atoms with Crippen molar-refractivity contribution in [3.8, 4) is 0 Å². The monoisotopic (exact) mass is 208 g/mol. The Bertz CT molecular complexity index is 291. The summed E-state index contributed by atoms with van der Waals surface area (Å²) in [7, 11) is 2.03. The van der Waals surface area contributed by atoms with Gasteiger partial charge in [-0.3, -0.25) is 4.79 Å². The van der Waals surface area contributed by atoms with Crippen molar-refractivity contribution in [2.45, 2.75) is 25.7 Å². The molecule has 84 valence electrons. The van der Waals surface area contributed by atoms with Crippen molar-refractivity contribution < 1.29 is 4.79 Å². The van der Waals surface area contributed by atoms with Crippen LogP contribution >= 0.6 is 0 Å². The first kappa shape index (κ1) is 9.64. The molecule has 0 radical (unpaired) electrons. The average Bonchev–Trinajstić information content (AvgIpc) is 2.77. The predicted molar refractivity (Wildman–Crippen MR) is 58.3 cm³/mol. The smallest absolute Gasteiger partial charge is 0.223 e. The molecule has 4 unspecified atom stereocenters. The molecule has 1 saturated heterocycles. The SMILES string of the molecule is CNCC12CNC(=O)C(C1)C1CCCC12. The lowest BCUT2D eigenvalue weighted by Gasteiger charge is -2.37. The van der Waals surface area contributed by atoms with Gasteiger partial charge in [-0.1, -0.05) is 6.42 Å². The summed E-state index contributed by atoms with van der Waals surface area (Å²) < 4.78 is 0. The van der Waals surface area contributed by atoms with Crippen molar-refractivity contribution in [3.63, 3.8) is 0 Å². The number of hydrogen-bond acceptors (Lipinski definition) is 2. The van der Waals surface area contributed by atoms with Gasteiger partial charge in [-0.15, -0.1) is 0 Å². The molecule has 1 amide bonds. The molecule has 2 saturated carbocycles. The lowest BCUT2D eigenvalue weighted by molar-refractivity contribution is -0.128. The first-order chi connectivity index (χ1) is 7.27. The highest BCUT2D eigenvalue weighted by atomic mass is 16.2. The highest BCUT2D eigenvalue weighted by molar-refractivity contribution is 5.81. The highest BCUT2D eigenvalue weighted by Crippen LogP contribution is 2.58. The van der Waals surface area contributed by atoms with Gasteiger partial charge in [-0.05, 0) is 38.1 Å². The number of fused-ring (bicyclic) bond motifs is 5. The molecule has 0 spiro atoms. The number of carbonyl (C=O) groups excluding carboxylic acids is 1. The largest absolute Gasteiger partial charge is 0.355 e. The molecule has 2 bridgehead atoms. The number of nitrogens with one attached hydrogen (secondary N) is 2. The average molecular weight is 208 g/mol. The van der Waals surface area contributed by atoms with E-state index < -0.39 is 0 Å². The van der Waals surface area contributed by atoms with Gasteiger partial charge in [0.2, 0.25) is 5.91 Å². The second-order valence-corrected chi connectivity index (χ2v) is 5.62. The van der Waals surface area contributed by atoms with E-state index in [1.807, 2.05) is 7.05 Å². The van der Waals surface area contributed by atoms with E-state index in [1.165, 1.54) is 19.3 Å². The third kappa shape index (κ3) is 1.19. The minimum Gasteiger partial charge on any atom is -0.355 e. The molecule has 1 aliphatic heterocycles. The van der Waals surface area contributed by atoms with Crippen LogP contribution in [-0.4, -0.2) is 26.0 Å². The molecular weight excluding hydrogens is 188 g/mol. The highest BCUT2D eigenvalue weighted by Gasteiger charge is 2.58. The van der Waals surface area contributed by atoms with Gasteiger partial charge in [0.05, 0.1) is 0 Å². The quantitative estimate of drug-likeness (QED) is 0.703. The fraction of sp³-hybridized carbons (Fsp3) is 0.917. The minimum absolute atomic E-state index is 0.330. The maximum absolute atomic E-state index is 11.8. The Morgan fingerprint density at radius 1 is 1.53 bits per heavy atom. The van der Waals surface area contributed by atoms with Crippen LogP contribution in [0, 0.1) is 23.2 Å². The van der Waals surface area contributed by atoms with Crippen molar-refractivity contribution in [1.29, 1.82) is 0 Å². The Hall–Kier alpha value is -0.570. The Morgan fingerprint density at radius 2 is 2.40 bits per heavy atom. The van der Waals surface area contributed by atoms with Gasteiger partial charge in [-0.25, -0.2) is 0 Å². The van der Waals surface area contributed by atoms with Crippen LogP contribution in [0.25, 0.3) is 0 Å². The van der Waals surface area contributed by atoms with Gasteiger partial charge < -0.3 is 10.6 Å². The molecule has 3 rings (SSSR count). The van der Waals surface area contributed by atoms with Crippen LogP contribution < -0.4 is 10.6 Å². The summed E-state index contributed by atoms with van der Waals surface area (Å²) in [6.45, 7) is 1.98. The Kier molecular flexibility index (Phi) is 2.06. The molecule has 15 heavy (non-hydrogen) atoms. The first-order valence-corrected chi connectivity index (χ1v) is 6.19. The molecule has 1 heterocycles. The van der Waals surface area contributed by atoms with Gasteiger partial charge in [0, 0.05) is 24.4 Å². The van der Waals surface area contributed by atoms with E-state index in [0.717, 1.165) is 25.4 Å². The second-order valence-electron chi connectivity index (χ2n) is 5.62. The van der Waals surface area contributed by atoms with E-state index in [1.54, 1.807) is 0 Å². The molecule has 0 aromatic carbocycles. The molecule has 4 atom stereocenters. The van der Waals surface area contributed by atoms with Crippen molar-refractivity contribution in [2.75, 3.05) is 20.1 Å². The lowest BCUT2D eigenvalue weighted by atomic mass is 9.75. The van der Waals surface area contributed by atoms with Crippen LogP contribution in [0.2, 0.25) is 0 Å². The summed E-state index contributed by atoms with van der Waals surface area (Å²) >= 11 is 0. The Labute approximate surface area is 91.0 Å². The summed E-state index contributed by atoms with van der Waals surface area (Å²) in [6.07, 6.45) is 5.10. The zero-order valence-electron chi connectivity index (χ0n) is 9.38. The molecule has 2 N–H and O–H groups in total. The molecule has 2 aliphatic carbocycles. The van der Waals surface area contributed by atoms with Crippen LogP contribution in [0.4, 0.5) is 0 Å². The van der Waals surface area contributed by atoms with E-state index >= 15 is 0 Å². The number of amides is 1. The van der Waals surface area contributed by atoms with Gasteiger partial charge in [-0.2, -0.15) is 0 Å². The fourth-order valence-electron chi connectivity index (χ4n) is 4.47. The topological polar surface area (TPSA) is 41.1 Å². The van der Waals surface area contributed by atoms with Crippen molar-refractivity contribution >= 4 is 5.91 Å². The molecule has 3 aliphatic rings. The summed E-state index contributed by atoms with van der Waals surface area (Å²) in [5, 5.41) is 6.45. The molecule has 3 heteroatoms. The van der Waals surface area contributed by atoms with Crippen LogP contribution in [0.5, 0.6) is 0 Å². The Morgan fingerprint density at radius 3 is 3.20 bits per heavy atom. The van der Waals surface area contributed by atoms with Crippen LogP contribution in [0.1, 0.15) is 25.7 Å². The third-order valence-corrected chi connectivity index (χ3v) is 4.98. The molecule has 3 fully saturated rings. The third-order valence-electron chi connectivity index (χ3n) is 4.98. The van der Waals surface area contributed by atoms with E-state index in [0.29, 0.717) is 23.2 Å². The van der Waals surface area contributed by atoms with Crippen LogP contribution in [0.15, 0.2) is 0 Å². The van der Waals surface area contributed by atoms with Crippen molar-refractivity contribution in [2.24, 2.45) is 23.2 Å². The lowest BCUT2D eigenvalue weighted by Crippen LogP contribution is -2.49. The van der Waals surface area contributed by atoms with Crippen molar-refractivity contribution in [1.82, 2.24) is 10.6 Å². The number of hydrogen-bond donors (Lipinski definition) is 2. The summed E-state index contributed by atoms with van der Waals surface area (Å²) in [4.78, 5) is 11.8. The Balaban J connectivity index is 1.93.